The van der Waals surface area contributed by atoms with E-state index in [1.807, 2.05) is 42.4 Å². The third kappa shape index (κ3) is 4.40. The van der Waals surface area contributed by atoms with Crippen LogP contribution in [0.5, 0.6) is 0 Å². The van der Waals surface area contributed by atoms with E-state index in [4.69, 9.17) is 4.52 Å². The Hall–Kier alpha value is -3.14. The van der Waals surface area contributed by atoms with Crippen LogP contribution >= 0.6 is 0 Å². The van der Waals surface area contributed by atoms with Gasteiger partial charge in [-0.15, -0.1) is 0 Å². The third-order valence-electron chi connectivity index (χ3n) is 5.71. The zero-order valence-corrected chi connectivity index (χ0v) is 18.1. The number of hydrogen-bond donors (Lipinski definition) is 0. The fourth-order valence-electron chi connectivity index (χ4n) is 4.02. The first kappa shape index (κ1) is 22.1. The molecule has 1 fully saturated rings. The largest absolute Gasteiger partial charge is 0.417 e. The van der Waals surface area contributed by atoms with Gasteiger partial charge in [-0.25, -0.2) is 4.98 Å². The van der Waals surface area contributed by atoms with Gasteiger partial charge in [-0.2, -0.15) is 13.2 Å². The second kappa shape index (κ2) is 8.42. The molecule has 0 N–H and O–H groups in total. The van der Waals surface area contributed by atoms with Crippen molar-refractivity contribution in [3.8, 4) is 5.82 Å². The molecule has 0 amide bonds. The fourth-order valence-corrected chi connectivity index (χ4v) is 4.02. The molecular formula is C22H24F3N5O2. The van der Waals surface area contributed by atoms with E-state index in [0.717, 1.165) is 23.7 Å². The highest BCUT2D eigenvalue weighted by Crippen LogP contribution is 2.29. The number of carbonyl (C=O) groups excluding carboxylic acids is 1. The zero-order chi connectivity index (χ0) is 23.0. The summed E-state index contributed by atoms with van der Waals surface area (Å²) < 4.78 is 45.2. The maximum Gasteiger partial charge on any atom is 0.417 e. The summed E-state index contributed by atoms with van der Waals surface area (Å²) in [5, 5.41) is 4.04. The molecule has 0 atom stereocenters. The number of piperazine rings is 1. The molecule has 1 saturated heterocycles. The quantitative estimate of drug-likeness (QED) is 0.554. The van der Waals surface area contributed by atoms with E-state index in [-0.39, 0.29) is 12.3 Å². The van der Waals surface area contributed by atoms with Crippen LogP contribution in [0.15, 0.2) is 35.0 Å². The highest BCUT2D eigenvalue weighted by Gasteiger charge is 2.31. The molecule has 0 aliphatic carbocycles. The Morgan fingerprint density at radius 1 is 1.06 bits per heavy atom. The average molecular weight is 447 g/mol. The molecule has 7 nitrogen and oxygen atoms in total. The van der Waals surface area contributed by atoms with E-state index < -0.39 is 11.7 Å². The molecule has 0 radical (unpaired) electrons. The maximum absolute atomic E-state index is 13.0. The van der Waals surface area contributed by atoms with Gasteiger partial charge in [-0.1, -0.05) is 5.16 Å². The molecule has 0 spiro atoms. The van der Waals surface area contributed by atoms with Crippen LogP contribution in [-0.2, 0) is 6.18 Å². The van der Waals surface area contributed by atoms with Gasteiger partial charge in [-0.05, 0) is 39.0 Å². The smallest absolute Gasteiger partial charge is 0.360 e. The van der Waals surface area contributed by atoms with E-state index in [9.17, 15) is 18.0 Å². The first-order chi connectivity index (χ1) is 15.1. The third-order valence-corrected chi connectivity index (χ3v) is 5.71. The lowest BCUT2D eigenvalue weighted by Crippen LogP contribution is -2.48. The second-order valence-corrected chi connectivity index (χ2v) is 8.01. The van der Waals surface area contributed by atoms with E-state index in [1.54, 1.807) is 0 Å². The van der Waals surface area contributed by atoms with Crippen LogP contribution in [0, 0.1) is 20.8 Å². The van der Waals surface area contributed by atoms with Gasteiger partial charge in [-0.3, -0.25) is 14.3 Å². The predicted octanol–water partition coefficient (Wildman–Crippen LogP) is 3.81. The van der Waals surface area contributed by atoms with Gasteiger partial charge in [0.15, 0.2) is 11.6 Å². The van der Waals surface area contributed by atoms with E-state index in [2.05, 4.69) is 15.0 Å². The standard InChI is InChI=1S/C22H24F3N5O2/c1-14-10-18(16(3)30(14)21-11-15(2)32-27-21)19(31)13-28-6-8-29(9-7-28)20-5-4-17(12-26-20)22(23,24)25/h4-5,10-12H,6-9,13H2,1-3H3. The lowest BCUT2D eigenvalue weighted by atomic mass is 10.1. The summed E-state index contributed by atoms with van der Waals surface area (Å²) in [7, 11) is 0. The molecule has 10 heteroatoms. The Balaban J connectivity index is 1.38. The fraction of sp³-hybridized carbons (Fsp3) is 0.409. The van der Waals surface area contributed by atoms with Crippen molar-refractivity contribution >= 4 is 11.6 Å². The Kier molecular flexibility index (Phi) is 5.81. The van der Waals surface area contributed by atoms with Crippen LogP contribution in [-0.4, -0.2) is 58.1 Å². The number of alkyl halides is 3. The first-order valence-corrected chi connectivity index (χ1v) is 10.3. The molecule has 1 aliphatic heterocycles. The summed E-state index contributed by atoms with van der Waals surface area (Å²) in [5.41, 5.74) is 1.60. The molecular weight excluding hydrogens is 423 g/mol. The SMILES string of the molecule is Cc1cc(-n2c(C)cc(C(=O)CN3CCN(c4ccc(C(F)(F)F)cn4)CC3)c2C)no1. The van der Waals surface area contributed by atoms with Crippen molar-refractivity contribution < 1.29 is 22.5 Å². The Labute approximate surface area is 183 Å². The number of Topliss-reactive ketones (excluding diaryl/α,β-unsaturated/α-hetero) is 1. The minimum Gasteiger partial charge on any atom is -0.360 e. The molecule has 3 aromatic heterocycles. The highest BCUT2D eigenvalue weighted by atomic mass is 19.4. The minimum atomic E-state index is -4.40. The molecule has 0 saturated carbocycles. The van der Waals surface area contributed by atoms with Crippen LogP contribution < -0.4 is 4.90 Å². The molecule has 1 aliphatic rings. The number of aryl methyl sites for hydroxylation is 2. The predicted molar refractivity (Wildman–Crippen MR) is 112 cm³/mol. The topological polar surface area (TPSA) is 67.4 Å². The number of hydrogen-bond acceptors (Lipinski definition) is 6. The number of aromatic nitrogens is 3. The number of rotatable bonds is 5. The summed E-state index contributed by atoms with van der Waals surface area (Å²) in [6.07, 6.45) is -3.54. The molecule has 170 valence electrons. The van der Waals surface area contributed by atoms with Crippen molar-refractivity contribution in [2.75, 3.05) is 37.6 Å². The van der Waals surface area contributed by atoms with Gasteiger partial charge in [0.25, 0.3) is 0 Å². The molecule has 0 bridgehead atoms. The maximum atomic E-state index is 13.0. The number of pyridine rings is 1. The number of anilines is 1. The second-order valence-electron chi connectivity index (χ2n) is 8.01. The van der Waals surface area contributed by atoms with Gasteiger partial charge in [0.1, 0.15) is 11.6 Å². The molecule has 0 unspecified atom stereocenters. The number of carbonyl (C=O) groups is 1. The molecule has 4 rings (SSSR count). The molecule has 0 aromatic carbocycles. The zero-order valence-electron chi connectivity index (χ0n) is 18.1. The Bertz CT molecular complexity index is 1110. The first-order valence-electron chi connectivity index (χ1n) is 10.3. The van der Waals surface area contributed by atoms with Crippen molar-refractivity contribution in [2.45, 2.75) is 26.9 Å². The van der Waals surface area contributed by atoms with Crippen LogP contribution in [0.25, 0.3) is 5.82 Å². The van der Waals surface area contributed by atoms with Gasteiger partial charge >= 0.3 is 6.18 Å². The van der Waals surface area contributed by atoms with Crippen molar-refractivity contribution in [2.24, 2.45) is 0 Å². The van der Waals surface area contributed by atoms with Crippen molar-refractivity contribution in [3.63, 3.8) is 0 Å². The normalized spacial score (nSPS) is 15.4. The van der Waals surface area contributed by atoms with Gasteiger partial charge in [0, 0.05) is 55.4 Å². The summed E-state index contributed by atoms with van der Waals surface area (Å²) >= 11 is 0. The van der Waals surface area contributed by atoms with E-state index in [1.165, 1.54) is 6.07 Å². The number of ketones is 1. The van der Waals surface area contributed by atoms with Crippen LogP contribution in [0.4, 0.5) is 19.0 Å². The lowest BCUT2D eigenvalue weighted by molar-refractivity contribution is -0.137. The monoisotopic (exact) mass is 447 g/mol. The number of nitrogens with zero attached hydrogens (tertiary/aromatic N) is 5. The molecule has 3 aromatic rings. The van der Waals surface area contributed by atoms with Gasteiger partial charge in [0.2, 0.25) is 0 Å². The Morgan fingerprint density at radius 3 is 2.34 bits per heavy atom. The summed E-state index contributed by atoms with van der Waals surface area (Å²) in [4.78, 5) is 20.9. The van der Waals surface area contributed by atoms with E-state index >= 15 is 0 Å². The summed E-state index contributed by atoms with van der Waals surface area (Å²) in [5.74, 6) is 1.87. The summed E-state index contributed by atoms with van der Waals surface area (Å²) in [6.45, 7) is 8.31. The van der Waals surface area contributed by atoms with Crippen LogP contribution in [0.2, 0.25) is 0 Å². The lowest BCUT2D eigenvalue weighted by Gasteiger charge is -2.35. The van der Waals surface area contributed by atoms with Crippen LogP contribution in [0.1, 0.15) is 33.1 Å². The average Bonchev–Trinajstić information content (AvgIpc) is 3.30. The summed E-state index contributed by atoms with van der Waals surface area (Å²) in [6, 6.07) is 6.13. The molecule has 4 heterocycles. The molecule has 32 heavy (non-hydrogen) atoms. The van der Waals surface area contributed by atoms with Crippen molar-refractivity contribution in [1.82, 2.24) is 19.6 Å². The van der Waals surface area contributed by atoms with Crippen molar-refractivity contribution in [1.29, 1.82) is 0 Å². The Morgan fingerprint density at radius 2 is 1.78 bits per heavy atom. The number of halogens is 3. The highest BCUT2D eigenvalue weighted by molar-refractivity contribution is 5.99. The van der Waals surface area contributed by atoms with Crippen LogP contribution in [0.3, 0.4) is 0 Å². The minimum absolute atomic E-state index is 0.0191. The van der Waals surface area contributed by atoms with Gasteiger partial charge in [0.05, 0.1) is 12.1 Å². The van der Waals surface area contributed by atoms with Gasteiger partial charge < -0.3 is 9.42 Å². The van der Waals surface area contributed by atoms with E-state index in [0.29, 0.717) is 49.1 Å². The van der Waals surface area contributed by atoms with Crippen molar-refractivity contribution in [3.05, 3.63) is 58.7 Å².